The fourth-order valence-corrected chi connectivity index (χ4v) is 3.15. The van der Waals surface area contributed by atoms with Gasteiger partial charge in [-0.1, -0.05) is 18.2 Å². The van der Waals surface area contributed by atoms with E-state index in [1.807, 2.05) is 18.2 Å². The van der Waals surface area contributed by atoms with E-state index in [0.717, 1.165) is 8.95 Å². The Hall–Kier alpha value is -1.60. The largest absolute Gasteiger partial charge is 0.486 e. The van der Waals surface area contributed by atoms with Crippen LogP contribution in [0.2, 0.25) is 0 Å². The van der Waals surface area contributed by atoms with Gasteiger partial charge in [-0.15, -0.1) is 0 Å². The van der Waals surface area contributed by atoms with Gasteiger partial charge in [0.1, 0.15) is 18.0 Å². The fraction of sp³-hybridized carbons (Fsp3) is 0.143. The molecule has 0 amide bonds. The van der Waals surface area contributed by atoms with Crippen molar-refractivity contribution in [3.8, 4) is 5.75 Å². The SMILES string of the molecule is CNc1c(COc2c(Br)cccc2Br)cccc1[N+](=O)[O-]. The van der Waals surface area contributed by atoms with Gasteiger partial charge in [0.15, 0.2) is 0 Å². The highest BCUT2D eigenvalue weighted by atomic mass is 79.9. The smallest absolute Gasteiger partial charge is 0.292 e. The number of hydrogen-bond acceptors (Lipinski definition) is 4. The van der Waals surface area contributed by atoms with Gasteiger partial charge in [0, 0.05) is 18.7 Å². The molecule has 0 fully saturated rings. The van der Waals surface area contributed by atoms with Crippen molar-refractivity contribution in [2.75, 3.05) is 12.4 Å². The lowest BCUT2D eigenvalue weighted by Crippen LogP contribution is -2.04. The monoisotopic (exact) mass is 414 g/mol. The molecule has 0 aliphatic heterocycles. The van der Waals surface area contributed by atoms with Crippen LogP contribution in [0.15, 0.2) is 45.3 Å². The first kappa shape index (κ1) is 15.8. The topological polar surface area (TPSA) is 64.4 Å². The van der Waals surface area contributed by atoms with Crippen LogP contribution >= 0.6 is 31.9 Å². The number of para-hydroxylation sites is 2. The number of nitrogens with zero attached hydrogens (tertiary/aromatic N) is 1. The Balaban J connectivity index is 2.28. The van der Waals surface area contributed by atoms with Crippen molar-refractivity contribution < 1.29 is 9.66 Å². The maximum absolute atomic E-state index is 11.0. The zero-order valence-corrected chi connectivity index (χ0v) is 14.3. The van der Waals surface area contributed by atoms with Gasteiger partial charge in [-0.25, -0.2) is 0 Å². The van der Waals surface area contributed by atoms with Gasteiger partial charge in [0.2, 0.25) is 0 Å². The maximum Gasteiger partial charge on any atom is 0.292 e. The van der Waals surface area contributed by atoms with Gasteiger partial charge in [0.25, 0.3) is 5.69 Å². The zero-order valence-electron chi connectivity index (χ0n) is 11.1. The second-order valence-electron chi connectivity index (χ2n) is 4.16. The number of nitro benzene ring substituents is 1. The molecule has 5 nitrogen and oxygen atoms in total. The molecule has 0 spiro atoms. The van der Waals surface area contributed by atoms with Crippen molar-refractivity contribution in [1.29, 1.82) is 0 Å². The molecule has 1 N–H and O–H groups in total. The van der Waals surface area contributed by atoms with E-state index < -0.39 is 4.92 Å². The lowest BCUT2D eigenvalue weighted by molar-refractivity contribution is -0.384. The molecule has 0 saturated heterocycles. The average Bonchev–Trinajstić information content (AvgIpc) is 2.46. The van der Waals surface area contributed by atoms with Crippen molar-refractivity contribution in [2.24, 2.45) is 0 Å². The number of nitrogens with one attached hydrogen (secondary N) is 1. The van der Waals surface area contributed by atoms with Crippen LogP contribution < -0.4 is 10.1 Å². The number of rotatable bonds is 5. The van der Waals surface area contributed by atoms with Crippen LogP contribution in [0.3, 0.4) is 0 Å². The molecule has 0 heterocycles. The van der Waals surface area contributed by atoms with Crippen molar-refractivity contribution in [1.82, 2.24) is 0 Å². The molecule has 0 radical (unpaired) electrons. The summed E-state index contributed by atoms with van der Waals surface area (Å²) in [7, 11) is 1.65. The molecule has 2 aromatic rings. The number of hydrogen-bond donors (Lipinski definition) is 1. The minimum absolute atomic E-state index is 0.0322. The third-order valence-electron chi connectivity index (χ3n) is 2.87. The molecule has 21 heavy (non-hydrogen) atoms. The first-order chi connectivity index (χ1) is 10.0. The number of halogens is 2. The highest BCUT2D eigenvalue weighted by molar-refractivity contribution is 9.11. The zero-order chi connectivity index (χ0) is 15.4. The van der Waals surface area contributed by atoms with E-state index >= 15 is 0 Å². The summed E-state index contributed by atoms with van der Waals surface area (Å²) >= 11 is 6.83. The highest BCUT2D eigenvalue weighted by Gasteiger charge is 2.17. The predicted molar refractivity (Wildman–Crippen MR) is 88.8 cm³/mol. The Morgan fingerprint density at radius 3 is 2.38 bits per heavy atom. The summed E-state index contributed by atoms with van der Waals surface area (Å²) in [5, 5.41) is 13.9. The first-order valence-electron chi connectivity index (χ1n) is 6.05. The Labute approximate surface area is 138 Å². The van der Waals surface area contributed by atoms with Crippen molar-refractivity contribution >= 4 is 43.2 Å². The molecule has 0 aromatic heterocycles. The quantitative estimate of drug-likeness (QED) is 0.565. The molecular weight excluding hydrogens is 404 g/mol. The Bertz CT molecular complexity index is 657. The van der Waals surface area contributed by atoms with Crippen LogP contribution in [0.5, 0.6) is 5.75 Å². The number of nitro groups is 1. The van der Waals surface area contributed by atoms with Gasteiger partial charge in [-0.3, -0.25) is 10.1 Å². The Morgan fingerprint density at radius 1 is 1.19 bits per heavy atom. The molecule has 0 unspecified atom stereocenters. The molecule has 0 aliphatic carbocycles. The molecule has 110 valence electrons. The van der Waals surface area contributed by atoms with Crippen LogP contribution in [-0.2, 0) is 6.61 Å². The Morgan fingerprint density at radius 2 is 1.81 bits per heavy atom. The predicted octanol–water partition coefficient (Wildman–Crippen LogP) is 4.74. The van der Waals surface area contributed by atoms with Crippen LogP contribution in [0, 0.1) is 10.1 Å². The van der Waals surface area contributed by atoms with E-state index in [2.05, 4.69) is 37.2 Å². The number of anilines is 1. The van der Waals surface area contributed by atoms with E-state index in [9.17, 15) is 10.1 Å². The molecular formula is C14H12Br2N2O3. The van der Waals surface area contributed by atoms with Crippen LogP contribution in [-0.4, -0.2) is 12.0 Å². The third-order valence-corrected chi connectivity index (χ3v) is 4.12. The normalized spacial score (nSPS) is 10.2. The summed E-state index contributed by atoms with van der Waals surface area (Å²) in [5.41, 5.74) is 1.21. The summed E-state index contributed by atoms with van der Waals surface area (Å²) < 4.78 is 7.40. The van der Waals surface area contributed by atoms with Gasteiger partial charge < -0.3 is 10.1 Å². The second-order valence-corrected chi connectivity index (χ2v) is 5.87. The molecule has 7 heteroatoms. The summed E-state index contributed by atoms with van der Waals surface area (Å²) in [4.78, 5) is 10.6. The third kappa shape index (κ3) is 3.54. The summed E-state index contributed by atoms with van der Waals surface area (Å²) in [6.45, 7) is 0.221. The second kappa shape index (κ2) is 6.91. The standard InChI is InChI=1S/C14H12Br2N2O3/c1-17-13-9(4-2-7-12(13)18(19)20)8-21-14-10(15)5-3-6-11(14)16/h2-7,17H,8H2,1H3. The van der Waals surface area contributed by atoms with E-state index in [4.69, 9.17) is 4.74 Å². The highest BCUT2D eigenvalue weighted by Crippen LogP contribution is 2.35. The first-order valence-corrected chi connectivity index (χ1v) is 7.64. The van der Waals surface area contributed by atoms with Crippen LogP contribution in [0.4, 0.5) is 11.4 Å². The lowest BCUT2D eigenvalue weighted by atomic mass is 10.1. The Kier molecular flexibility index (Phi) is 5.19. The number of ether oxygens (including phenoxy) is 1. The molecule has 0 bridgehead atoms. The van der Waals surface area contributed by atoms with Crippen molar-refractivity contribution in [2.45, 2.75) is 6.61 Å². The number of benzene rings is 2. The molecule has 0 saturated carbocycles. The molecule has 2 rings (SSSR count). The van der Waals surface area contributed by atoms with E-state index in [-0.39, 0.29) is 12.3 Å². The minimum Gasteiger partial charge on any atom is -0.486 e. The summed E-state index contributed by atoms with van der Waals surface area (Å²) in [6.07, 6.45) is 0. The van der Waals surface area contributed by atoms with E-state index in [1.54, 1.807) is 19.2 Å². The van der Waals surface area contributed by atoms with Crippen molar-refractivity contribution in [3.63, 3.8) is 0 Å². The lowest BCUT2D eigenvalue weighted by Gasteiger charge is -2.13. The van der Waals surface area contributed by atoms with Crippen molar-refractivity contribution in [3.05, 3.63) is 61.0 Å². The molecule has 0 atom stereocenters. The van der Waals surface area contributed by atoms with Gasteiger partial charge in [0.05, 0.1) is 13.9 Å². The summed E-state index contributed by atoms with van der Waals surface area (Å²) in [6, 6.07) is 10.5. The van der Waals surface area contributed by atoms with E-state index in [1.165, 1.54) is 6.07 Å². The summed E-state index contributed by atoms with van der Waals surface area (Å²) in [5.74, 6) is 0.658. The minimum atomic E-state index is -0.413. The molecule has 2 aromatic carbocycles. The van der Waals surface area contributed by atoms with Crippen LogP contribution in [0.25, 0.3) is 0 Å². The average molecular weight is 416 g/mol. The fourth-order valence-electron chi connectivity index (χ4n) is 1.92. The van der Waals surface area contributed by atoms with Crippen LogP contribution in [0.1, 0.15) is 5.56 Å². The van der Waals surface area contributed by atoms with Gasteiger partial charge in [-0.2, -0.15) is 0 Å². The van der Waals surface area contributed by atoms with Gasteiger partial charge in [-0.05, 0) is 44.0 Å². The van der Waals surface area contributed by atoms with Gasteiger partial charge >= 0.3 is 0 Å². The van der Waals surface area contributed by atoms with E-state index in [0.29, 0.717) is 17.0 Å². The molecule has 0 aliphatic rings. The maximum atomic E-state index is 11.0.